The maximum atomic E-state index is 10.4. The third-order valence-electron chi connectivity index (χ3n) is 4.76. The molecule has 0 saturated heterocycles. The lowest BCUT2D eigenvalue weighted by Gasteiger charge is -2.22. The largest absolute Gasteiger partial charge is 0.393 e. The van der Waals surface area contributed by atoms with Gasteiger partial charge in [-0.05, 0) is 48.0 Å². The summed E-state index contributed by atoms with van der Waals surface area (Å²) in [6, 6.07) is 0. The van der Waals surface area contributed by atoms with E-state index in [0.29, 0.717) is 6.42 Å². The second-order valence-electron chi connectivity index (χ2n) is 6.32. The number of aliphatic hydroxyl groups excluding tert-OH is 1. The van der Waals surface area contributed by atoms with Crippen LogP contribution in [0.2, 0.25) is 0 Å². The Bertz CT molecular complexity index is 438. The molecule has 1 unspecified atom stereocenters. The van der Waals surface area contributed by atoms with Crippen LogP contribution in [0.3, 0.4) is 0 Å². The summed E-state index contributed by atoms with van der Waals surface area (Å²) < 4.78 is 3.13. The zero-order valence-corrected chi connectivity index (χ0v) is 15.0. The summed E-state index contributed by atoms with van der Waals surface area (Å²) in [5.74, 6) is 0.846. The van der Waals surface area contributed by atoms with E-state index in [1.807, 2.05) is 4.68 Å². The van der Waals surface area contributed by atoms with Crippen LogP contribution in [0.15, 0.2) is 4.47 Å². The Hall–Kier alpha value is -0.350. The molecule has 1 N–H and O–H groups in total. The van der Waals surface area contributed by atoms with Gasteiger partial charge in [-0.25, -0.2) is 0 Å². The predicted molar refractivity (Wildman–Crippen MR) is 90.5 cm³/mol. The van der Waals surface area contributed by atoms with Crippen LogP contribution in [0.1, 0.15) is 70.2 Å². The predicted octanol–water partition coefficient (Wildman–Crippen LogP) is 4.49. The number of aromatic nitrogens is 2. The molecule has 0 aromatic carbocycles. The summed E-state index contributed by atoms with van der Waals surface area (Å²) in [6.45, 7) is 5.09. The van der Waals surface area contributed by atoms with Gasteiger partial charge in [-0.1, -0.05) is 39.0 Å². The van der Waals surface area contributed by atoms with Gasteiger partial charge in [-0.3, -0.25) is 4.68 Å². The lowest BCUT2D eigenvalue weighted by Crippen LogP contribution is -2.17. The van der Waals surface area contributed by atoms with Crippen molar-refractivity contribution in [3.8, 4) is 0 Å². The molecule has 2 rings (SSSR count). The molecule has 21 heavy (non-hydrogen) atoms. The molecule has 0 bridgehead atoms. The first-order chi connectivity index (χ1) is 10.2. The average molecular weight is 357 g/mol. The van der Waals surface area contributed by atoms with Crippen LogP contribution < -0.4 is 0 Å². The topological polar surface area (TPSA) is 38.0 Å². The molecule has 1 heterocycles. The highest BCUT2D eigenvalue weighted by molar-refractivity contribution is 9.10. The maximum absolute atomic E-state index is 10.4. The highest BCUT2D eigenvalue weighted by Gasteiger charge is 2.19. The minimum atomic E-state index is -0.241. The van der Waals surface area contributed by atoms with Gasteiger partial charge in [-0.15, -0.1) is 0 Å². The first-order valence-electron chi connectivity index (χ1n) is 8.57. The minimum absolute atomic E-state index is 0.241. The van der Waals surface area contributed by atoms with E-state index in [1.54, 1.807) is 0 Å². The van der Waals surface area contributed by atoms with Gasteiger partial charge in [0.2, 0.25) is 0 Å². The molecule has 120 valence electrons. The molecular formula is C17H29BrN2O. The zero-order valence-electron chi connectivity index (χ0n) is 13.4. The second kappa shape index (κ2) is 8.33. The summed E-state index contributed by atoms with van der Waals surface area (Å²) in [7, 11) is 0. The van der Waals surface area contributed by atoms with Crippen LogP contribution in [0.4, 0.5) is 0 Å². The monoisotopic (exact) mass is 356 g/mol. The third-order valence-corrected chi connectivity index (χ3v) is 5.67. The molecule has 0 radical (unpaired) electrons. The van der Waals surface area contributed by atoms with Crippen LogP contribution in [0, 0.1) is 5.92 Å². The molecule has 0 aliphatic heterocycles. The van der Waals surface area contributed by atoms with Crippen molar-refractivity contribution in [3.63, 3.8) is 0 Å². The average Bonchev–Trinajstić information content (AvgIpc) is 2.82. The van der Waals surface area contributed by atoms with E-state index in [2.05, 4.69) is 34.9 Å². The number of rotatable bonds is 7. The van der Waals surface area contributed by atoms with E-state index < -0.39 is 0 Å². The van der Waals surface area contributed by atoms with Gasteiger partial charge in [0.25, 0.3) is 0 Å². The molecule has 1 atom stereocenters. The van der Waals surface area contributed by atoms with Gasteiger partial charge in [0.05, 0.1) is 22.0 Å². The van der Waals surface area contributed by atoms with Crippen LogP contribution in [-0.2, 0) is 19.4 Å². The summed E-state index contributed by atoms with van der Waals surface area (Å²) in [5, 5.41) is 15.0. The van der Waals surface area contributed by atoms with Gasteiger partial charge < -0.3 is 5.11 Å². The van der Waals surface area contributed by atoms with Crippen LogP contribution in [0.25, 0.3) is 0 Å². The Morgan fingerprint density at radius 1 is 1.29 bits per heavy atom. The van der Waals surface area contributed by atoms with Crippen molar-refractivity contribution in [1.82, 2.24) is 9.78 Å². The number of hydrogen-bond donors (Lipinski definition) is 1. The van der Waals surface area contributed by atoms with Crippen molar-refractivity contribution in [2.75, 3.05) is 0 Å². The van der Waals surface area contributed by atoms with Crippen molar-refractivity contribution < 1.29 is 5.11 Å². The van der Waals surface area contributed by atoms with Crippen LogP contribution in [0.5, 0.6) is 0 Å². The minimum Gasteiger partial charge on any atom is -0.393 e. The van der Waals surface area contributed by atoms with Crippen LogP contribution in [-0.4, -0.2) is 21.0 Å². The highest BCUT2D eigenvalue weighted by Crippen LogP contribution is 2.29. The number of halogens is 1. The molecule has 1 saturated carbocycles. The molecular weight excluding hydrogens is 328 g/mol. The van der Waals surface area contributed by atoms with Gasteiger partial charge in [-0.2, -0.15) is 5.10 Å². The van der Waals surface area contributed by atoms with E-state index >= 15 is 0 Å². The van der Waals surface area contributed by atoms with Gasteiger partial charge in [0.15, 0.2) is 0 Å². The first kappa shape index (κ1) is 17.0. The Labute approximate surface area is 137 Å². The lowest BCUT2D eigenvalue weighted by molar-refractivity contribution is 0.147. The molecule has 1 aliphatic rings. The highest BCUT2D eigenvalue weighted by atomic mass is 79.9. The van der Waals surface area contributed by atoms with Crippen LogP contribution >= 0.6 is 15.9 Å². The second-order valence-corrected chi connectivity index (χ2v) is 7.11. The maximum Gasteiger partial charge on any atom is 0.0766 e. The summed E-state index contributed by atoms with van der Waals surface area (Å²) in [4.78, 5) is 0. The fraction of sp³-hybridized carbons (Fsp3) is 0.824. The lowest BCUT2D eigenvalue weighted by atomic mass is 9.85. The fourth-order valence-electron chi connectivity index (χ4n) is 3.44. The summed E-state index contributed by atoms with van der Waals surface area (Å²) in [6.07, 6.45) is 10.4. The van der Waals surface area contributed by atoms with Gasteiger partial charge >= 0.3 is 0 Å². The van der Waals surface area contributed by atoms with Gasteiger partial charge in [0.1, 0.15) is 0 Å². The molecule has 1 aromatic rings. The molecule has 1 fully saturated rings. The molecule has 0 spiro atoms. The molecule has 4 heteroatoms. The number of nitrogens with zero attached hydrogens (tertiary/aromatic N) is 2. The Morgan fingerprint density at radius 2 is 2.00 bits per heavy atom. The van der Waals surface area contributed by atoms with Crippen molar-refractivity contribution >= 4 is 15.9 Å². The Kier molecular flexibility index (Phi) is 6.74. The first-order valence-corrected chi connectivity index (χ1v) is 9.37. The van der Waals surface area contributed by atoms with E-state index in [1.165, 1.54) is 38.5 Å². The smallest absolute Gasteiger partial charge is 0.0766 e. The van der Waals surface area contributed by atoms with E-state index in [9.17, 15) is 5.11 Å². The standard InChI is InChI=1S/C17H29BrN2O/c1-3-15-17(18)16(20(4-2)19-15)12-14(21)11-10-13-8-6-5-7-9-13/h13-14,21H,3-12H2,1-2H3. The summed E-state index contributed by atoms with van der Waals surface area (Å²) >= 11 is 3.66. The molecule has 3 nitrogen and oxygen atoms in total. The van der Waals surface area contributed by atoms with Crippen molar-refractivity contribution in [1.29, 1.82) is 0 Å². The number of hydrogen-bond acceptors (Lipinski definition) is 2. The normalized spacial score (nSPS) is 18.1. The molecule has 0 amide bonds. The fourth-order valence-corrected chi connectivity index (χ4v) is 4.17. The summed E-state index contributed by atoms with van der Waals surface area (Å²) in [5.41, 5.74) is 2.26. The SMILES string of the molecule is CCc1nn(CC)c(CC(O)CCC2CCCCC2)c1Br. The number of aliphatic hydroxyl groups is 1. The van der Waals surface area contributed by atoms with E-state index in [-0.39, 0.29) is 6.10 Å². The Balaban J connectivity index is 1.89. The van der Waals surface area contributed by atoms with Crippen molar-refractivity contribution in [3.05, 3.63) is 15.9 Å². The quantitative estimate of drug-likeness (QED) is 0.781. The van der Waals surface area contributed by atoms with Gasteiger partial charge in [0, 0.05) is 13.0 Å². The Morgan fingerprint density at radius 3 is 2.62 bits per heavy atom. The van der Waals surface area contributed by atoms with Crippen molar-refractivity contribution in [2.45, 2.75) is 84.3 Å². The number of aryl methyl sites for hydroxylation is 2. The molecule has 1 aromatic heterocycles. The molecule has 1 aliphatic carbocycles. The zero-order chi connectivity index (χ0) is 15.2. The third kappa shape index (κ3) is 4.56. The van der Waals surface area contributed by atoms with E-state index in [0.717, 1.165) is 41.2 Å². The van der Waals surface area contributed by atoms with E-state index in [4.69, 9.17) is 0 Å². The van der Waals surface area contributed by atoms with Crippen molar-refractivity contribution in [2.24, 2.45) is 5.92 Å².